The number of nitrogens with zero attached hydrogens (tertiary/aromatic N) is 1. The monoisotopic (exact) mass is 370 g/mol. The summed E-state index contributed by atoms with van der Waals surface area (Å²) in [7, 11) is 0. The lowest BCUT2D eigenvalue weighted by Crippen LogP contribution is -2.31. The van der Waals surface area contributed by atoms with E-state index >= 15 is 0 Å². The summed E-state index contributed by atoms with van der Waals surface area (Å²) in [5, 5.41) is 23.1. The van der Waals surface area contributed by atoms with E-state index in [0.717, 1.165) is 11.6 Å². The summed E-state index contributed by atoms with van der Waals surface area (Å²) in [6, 6.07) is 4.78. The van der Waals surface area contributed by atoms with Gasteiger partial charge in [-0.1, -0.05) is 34.1 Å². The Hall–Kier alpha value is -1.21. The number of carbonyl (C=O) groups is 1. The largest absolute Gasteiger partial charge is 0.507 e. The van der Waals surface area contributed by atoms with Crippen molar-refractivity contribution in [3.63, 3.8) is 0 Å². The number of fused-ring (bicyclic) bond motifs is 1. The number of thioether (sulfide) groups is 1. The van der Waals surface area contributed by atoms with Crippen molar-refractivity contribution in [3.8, 4) is 5.75 Å². The molecule has 0 radical (unpaired) electrons. The quantitative estimate of drug-likeness (QED) is 0.695. The Morgan fingerprint density at radius 3 is 2.90 bits per heavy atom. The standard InChI is InChI=1S/C14H15BrN2O3S/c15-9-2-1-3-10-12(9)21-14(17-10)16-7-4-5-8(13(19)20)11(18)6-7/h4-6,9-10,12,18H,1-3H2,(H,16,17)(H,19,20). The minimum Gasteiger partial charge on any atom is -0.507 e. The van der Waals surface area contributed by atoms with E-state index in [1.165, 1.54) is 25.0 Å². The Balaban J connectivity index is 1.73. The predicted molar refractivity (Wildman–Crippen MR) is 87.9 cm³/mol. The summed E-state index contributed by atoms with van der Waals surface area (Å²) < 4.78 is 0. The summed E-state index contributed by atoms with van der Waals surface area (Å²) in [5.74, 6) is -1.38. The molecule has 1 saturated carbocycles. The van der Waals surface area contributed by atoms with E-state index in [0.29, 0.717) is 21.8 Å². The van der Waals surface area contributed by atoms with Crippen LogP contribution in [0.2, 0.25) is 0 Å². The van der Waals surface area contributed by atoms with Crippen LogP contribution < -0.4 is 5.32 Å². The minimum absolute atomic E-state index is 0.101. The SMILES string of the molecule is O=C(O)c1ccc(NC2=NC3CCCC(Br)C3S2)cc1O. The Morgan fingerprint density at radius 1 is 1.43 bits per heavy atom. The average Bonchev–Trinajstić information content (AvgIpc) is 2.82. The number of alkyl halides is 1. The fraction of sp³-hybridized carbons (Fsp3) is 0.429. The van der Waals surface area contributed by atoms with Crippen LogP contribution in [0.15, 0.2) is 23.2 Å². The molecule has 3 unspecified atom stereocenters. The summed E-state index contributed by atoms with van der Waals surface area (Å²) >= 11 is 5.43. The number of hydrogen-bond acceptors (Lipinski definition) is 5. The molecule has 0 saturated heterocycles. The third kappa shape index (κ3) is 3.03. The average molecular weight is 371 g/mol. The number of aliphatic imine (C=N–C) groups is 1. The van der Waals surface area contributed by atoms with Crippen LogP contribution in [-0.4, -0.2) is 37.5 Å². The van der Waals surface area contributed by atoms with Crippen LogP contribution in [0, 0.1) is 0 Å². The molecule has 0 aromatic heterocycles. The summed E-state index contributed by atoms with van der Waals surface area (Å²) in [4.78, 5) is 16.0. The molecule has 1 heterocycles. The van der Waals surface area contributed by atoms with Gasteiger partial charge in [-0.05, 0) is 25.0 Å². The first kappa shape index (κ1) is 14.7. The molecule has 3 rings (SSSR count). The number of anilines is 1. The van der Waals surface area contributed by atoms with E-state index in [2.05, 4.69) is 26.2 Å². The zero-order valence-electron chi connectivity index (χ0n) is 11.1. The maximum Gasteiger partial charge on any atom is 0.339 e. The number of amidine groups is 1. The first-order chi connectivity index (χ1) is 10.0. The van der Waals surface area contributed by atoms with Crippen LogP contribution >= 0.6 is 27.7 Å². The van der Waals surface area contributed by atoms with Crippen molar-refractivity contribution >= 4 is 44.5 Å². The van der Waals surface area contributed by atoms with Gasteiger partial charge in [-0.15, -0.1) is 0 Å². The van der Waals surface area contributed by atoms with Crippen molar-refractivity contribution in [3.05, 3.63) is 23.8 Å². The van der Waals surface area contributed by atoms with Crippen LogP contribution in [0.1, 0.15) is 29.6 Å². The number of aromatic carboxylic acids is 1. The molecule has 1 aromatic rings. The molecule has 3 atom stereocenters. The molecular weight excluding hydrogens is 356 g/mol. The van der Waals surface area contributed by atoms with Crippen molar-refractivity contribution in [2.45, 2.75) is 35.4 Å². The summed E-state index contributed by atoms with van der Waals surface area (Å²) in [5.41, 5.74) is 0.546. The molecule has 1 aromatic carbocycles. The fourth-order valence-electron chi connectivity index (χ4n) is 2.67. The van der Waals surface area contributed by atoms with Gasteiger partial charge in [-0.2, -0.15) is 0 Å². The highest BCUT2D eigenvalue weighted by molar-refractivity contribution is 9.09. The smallest absolute Gasteiger partial charge is 0.339 e. The van der Waals surface area contributed by atoms with Crippen molar-refractivity contribution in [1.29, 1.82) is 0 Å². The predicted octanol–water partition coefficient (Wildman–Crippen LogP) is 3.29. The number of hydrogen-bond donors (Lipinski definition) is 3. The molecule has 0 amide bonds. The lowest BCUT2D eigenvalue weighted by Gasteiger charge is -2.27. The first-order valence-corrected chi connectivity index (χ1v) is 8.56. The number of carboxylic acids is 1. The van der Waals surface area contributed by atoms with E-state index < -0.39 is 5.97 Å². The molecule has 0 bridgehead atoms. The molecular formula is C14H15BrN2O3S. The molecule has 1 aliphatic heterocycles. The second-order valence-electron chi connectivity index (χ2n) is 5.19. The number of phenols is 1. The molecule has 5 nitrogen and oxygen atoms in total. The van der Waals surface area contributed by atoms with E-state index in [9.17, 15) is 9.90 Å². The van der Waals surface area contributed by atoms with Gasteiger partial charge in [0.1, 0.15) is 11.3 Å². The highest BCUT2D eigenvalue weighted by Crippen LogP contribution is 2.40. The van der Waals surface area contributed by atoms with E-state index in [1.807, 2.05) is 0 Å². The molecule has 21 heavy (non-hydrogen) atoms. The lowest BCUT2D eigenvalue weighted by molar-refractivity contribution is 0.0694. The van der Waals surface area contributed by atoms with Crippen LogP contribution in [0.3, 0.4) is 0 Å². The van der Waals surface area contributed by atoms with Gasteiger partial charge in [0.2, 0.25) is 0 Å². The highest BCUT2D eigenvalue weighted by Gasteiger charge is 2.37. The van der Waals surface area contributed by atoms with Gasteiger partial charge in [-0.3, -0.25) is 4.99 Å². The molecule has 1 fully saturated rings. The van der Waals surface area contributed by atoms with Crippen molar-refractivity contribution in [1.82, 2.24) is 0 Å². The van der Waals surface area contributed by atoms with Gasteiger partial charge >= 0.3 is 5.97 Å². The van der Waals surface area contributed by atoms with E-state index in [4.69, 9.17) is 5.11 Å². The lowest BCUT2D eigenvalue weighted by atomic mass is 9.95. The second kappa shape index (κ2) is 5.88. The van der Waals surface area contributed by atoms with Crippen LogP contribution in [0.5, 0.6) is 5.75 Å². The van der Waals surface area contributed by atoms with Crippen LogP contribution in [0.4, 0.5) is 5.69 Å². The second-order valence-corrected chi connectivity index (χ2v) is 7.54. The number of benzene rings is 1. The maximum absolute atomic E-state index is 10.9. The molecule has 1 aliphatic carbocycles. The number of nitrogens with one attached hydrogen (secondary N) is 1. The number of halogens is 1. The van der Waals surface area contributed by atoms with Gasteiger partial charge in [-0.25, -0.2) is 4.79 Å². The molecule has 0 spiro atoms. The van der Waals surface area contributed by atoms with E-state index in [-0.39, 0.29) is 11.3 Å². The van der Waals surface area contributed by atoms with Gasteiger partial charge in [0.15, 0.2) is 5.17 Å². The Labute approximate surface area is 135 Å². The number of carboxylic acid groups (broad SMARTS) is 1. The third-order valence-electron chi connectivity index (χ3n) is 3.73. The van der Waals surface area contributed by atoms with Crippen molar-refractivity contribution < 1.29 is 15.0 Å². The number of rotatable bonds is 2. The summed E-state index contributed by atoms with van der Waals surface area (Å²) in [6.07, 6.45) is 3.46. The summed E-state index contributed by atoms with van der Waals surface area (Å²) in [6.45, 7) is 0. The van der Waals surface area contributed by atoms with Gasteiger partial charge < -0.3 is 15.5 Å². The Bertz CT molecular complexity index is 608. The van der Waals surface area contributed by atoms with Crippen LogP contribution in [0.25, 0.3) is 0 Å². The molecule has 3 N–H and O–H groups in total. The normalized spacial score (nSPS) is 27.9. The molecule has 2 aliphatic rings. The van der Waals surface area contributed by atoms with Crippen molar-refractivity contribution in [2.24, 2.45) is 4.99 Å². The van der Waals surface area contributed by atoms with Gasteiger partial charge in [0.25, 0.3) is 0 Å². The topological polar surface area (TPSA) is 81.9 Å². The van der Waals surface area contributed by atoms with Gasteiger partial charge in [0.05, 0.1) is 6.04 Å². The zero-order valence-corrected chi connectivity index (χ0v) is 13.5. The van der Waals surface area contributed by atoms with E-state index in [1.54, 1.807) is 17.8 Å². The first-order valence-electron chi connectivity index (χ1n) is 6.76. The fourth-order valence-corrected chi connectivity index (χ4v) is 4.94. The Kier molecular flexibility index (Phi) is 4.12. The molecule has 112 valence electrons. The number of aromatic hydroxyl groups is 1. The minimum atomic E-state index is -1.14. The Morgan fingerprint density at radius 2 is 2.24 bits per heavy atom. The highest BCUT2D eigenvalue weighted by atomic mass is 79.9. The maximum atomic E-state index is 10.9. The van der Waals surface area contributed by atoms with Crippen LogP contribution in [-0.2, 0) is 0 Å². The van der Waals surface area contributed by atoms with Gasteiger partial charge in [0, 0.05) is 21.8 Å². The zero-order chi connectivity index (χ0) is 15.0. The molecule has 7 heteroatoms. The third-order valence-corrected chi connectivity index (χ3v) is 6.45. The van der Waals surface area contributed by atoms with Crippen molar-refractivity contribution in [2.75, 3.05) is 5.32 Å².